The van der Waals surface area contributed by atoms with Crippen LogP contribution in [0.2, 0.25) is 0 Å². The van der Waals surface area contributed by atoms with Gasteiger partial charge in [0.25, 0.3) is 0 Å². The van der Waals surface area contributed by atoms with E-state index in [9.17, 15) is 9.90 Å². The molecule has 0 radical (unpaired) electrons. The first kappa shape index (κ1) is 13.9. The fraction of sp³-hybridized carbons (Fsp3) is 0.462. The minimum Gasteiger partial charge on any atom is -0.508 e. The summed E-state index contributed by atoms with van der Waals surface area (Å²) in [5.74, 6) is 1.13. The molecule has 3 nitrogen and oxygen atoms in total. The summed E-state index contributed by atoms with van der Waals surface area (Å²) in [4.78, 5) is 13.8. The van der Waals surface area contributed by atoms with E-state index in [0.717, 1.165) is 17.0 Å². The smallest absolute Gasteiger partial charge is 0.227 e. The summed E-state index contributed by atoms with van der Waals surface area (Å²) in [7, 11) is 0. The lowest BCUT2D eigenvalue weighted by Gasteiger charge is -2.23. The third kappa shape index (κ3) is 3.66. The van der Waals surface area contributed by atoms with Gasteiger partial charge in [-0.05, 0) is 31.7 Å². The standard InChI is InChI=1S/C13H19NO2S/c1-4-14(13(16)7-8-17-3)12-9-11(15)6-5-10(12)2/h5-6,9,15H,4,7-8H2,1-3H3. The quantitative estimate of drug-likeness (QED) is 0.877. The average Bonchev–Trinajstić information content (AvgIpc) is 2.32. The van der Waals surface area contributed by atoms with Gasteiger partial charge in [-0.1, -0.05) is 6.07 Å². The highest BCUT2D eigenvalue weighted by Crippen LogP contribution is 2.25. The molecule has 0 fully saturated rings. The summed E-state index contributed by atoms with van der Waals surface area (Å²) in [5.41, 5.74) is 1.81. The van der Waals surface area contributed by atoms with E-state index in [4.69, 9.17) is 0 Å². The largest absolute Gasteiger partial charge is 0.508 e. The molecule has 1 aromatic carbocycles. The number of carbonyl (C=O) groups is 1. The fourth-order valence-corrected chi connectivity index (χ4v) is 2.07. The van der Waals surface area contributed by atoms with Crippen molar-refractivity contribution in [3.8, 4) is 5.75 Å². The Hall–Kier alpha value is -1.16. The molecule has 0 saturated heterocycles. The molecular formula is C13H19NO2S. The lowest BCUT2D eigenvalue weighted by Crippen LogP contribution is -2.31. The molecular weight excluding hydrogens is 234 g/mol. The summed E-state index contributed by atoms with van der Waals surface area (Å²) in [6, 6.07) is 5.12. The Kier molecular flexibility index (Phi) is 5.35. The second kappa shape index (κ2) is 6.55. The topological polar surface area (TPSA) is 40.5 Å². The highest BCUT2D eigenvalue weighted by atomic mass is 32.2. The second-order valence-electron chi connectivity index (χ2n) is 3.85. The SMILES string of the molecule is CCN(C(=O)CCSC)c1cc(O)ccc1C. The number of hydrogen-bond donors (Lipinski definition) is 1. The number of rotatable bonds is 5. The molecule has 17 heavy (non-hydrogen) atoms. The molecule has 0 bridgehead atoms. The number of anilines is 1. The molecule has 0 unspecified atom stereocenters. The van der Waals surface area contributed by atoms with Crippen LogP contribution in [-0.4, -0.2) is 29.6 Å². The van der Waals surface area contributed by atoms with E-state index in [1.54, 1.807) is 28.8 Å². The summed E-state index contributed by atoms with van der Waals surface area (Å²) < 4.78 is 0. The maximum atomic E-state index is 12.0. The van der Waals surface area contributed by atoms with Crippen LogP contribution >= 0.6 is 11.8 Å². The predicted octanol–water partition coefficient (Wildman–Crippen LogP) is 2.81. The van der Waals surface area contributed by atoms with Gasteiger partial charge in [0.2, 0.25) is 5.91 Å². The number of carbonyl (C=O) groups excluding carboxylic acids is 1. The van der Waals surface area contributed by atoms with Crippen LogP contribution in [0.15, 0.2) is 18.2 Å². The van der Waals surface area contributed by atoms with Crippen LogP contribution in [0.1, 0.15) is 18.9 Å². The Bertz CT molecular complexity index is 393. The molecule has 1 amide bonds. The molecule has 0 spiro atoms. The van der Waals surface area contributed by atoms with Crippen molar-refractivity contribution in [2.45, 2.75) is 20.3 Å². The fourth-order valence-electron chi connectivity index (χ4n) is 1.69. The number of phenolic OH excluding ortho intramolecular Hbond substituents is 1. The van der Waals surface area contributed by atoms with E-state index in [1.165, 1.54) is 0 Å². The van der Waals surface area contributed by atoms with Crippen LogP contribution in [0.3, 0.4) is 0 Å². The van der Waals surface area contributed by atoms with Crippen molar-refractivity contribution >= 4 is 23.4 Å². The van der Waals surface area contributed by atoms with Crippen molar-refractivity contribution in [1.82, 2.24) is 0 Å². The Morgan fingerprint density at radius 2 is 2.18 bits per heavy atom. The van der Waals surface area contributed by atoms with E-state index in [0.29, 0.717) is 13.0 Å². The number of aryl methyl sites for hydroxylation is 1. The van der Waals surface area contributed by atoms with Gasteiger partial charge in [0.15, 0.2) is 0 Å². The van der Waals surface area contributed by atoms with Crippen LogP contribution in [-0.2, 0) is 4.79 Å². The van der Waals surface area contributed by atoms with Gasteiger partial charge >= 0.3 is 0 Å². The van der Waals surface area contributed by atoms with E-state index >= 15 is 0 Å². The molecule has 4 heteroatoms. The zero-order valence-corrected chi connectivity index (χ0v) is 11.4. The van der Waals surface area contributed by atoms with Crippen molar-refractivity contribution < 1.29 is 9.90 Å². The minimum absolute atomic E-state index is 0.107. The van der Waals surface area contributed by atoms with Crippen molar-refractivity contribution in [3.05, 3.63) is 23.8 Å². The van der Waals surface area contributed by atoms with Crippen molar-refractivity contribution in [2.75, 3.05) is 23.5 Å². The summed E-state index contributed by atoms with van der Waals surface area (Å²) in [5, 5.41) is 9.50. The lowest BCUT2D eigenvalue weighted by atomic mass is 10.1. The van der Waals surface area contributed by atoms with Gasteiger partial charge in [0, 0.05) is 24.8 Å². The highest BCUT2D eigenvalue weighted by Gasteiger charge is 2.15. The zero-order chi connectivity index (χ0) is 12.8. The van der Waals surface area contributed by atoms with E-state index < -0.39 is 0 Å². The first-order chi connectivity index (χ1) is 8.10. The minimum atomic E-state index is 0.107. The maximum absolute atomic E-state index is 12.0. The summed E-state index contributed by atoms with van der Waals surface area (Å²) in [6.45, 7) is 4.51. The number of nitrogens with zero attached hydrogens (tertiary/aromatic N) is 1. The Morgan fingerprint density at radius 3 is 2.76 bits per heavy atom. The van der Waals surface area contributed by atoms with Crippen molar-refractivity contribution in [2.24, 2.45) is 0 Å². The second-order valence-corrected chi connectivity index (χ2v) is 4.84. The number of hydrogen-bond acceptors (Lipinski definition) is 3. The molecule has 1 aromatic rings. The number of amides is 1. The molecule has 0 atom stereocenters. The van der Waals surface area contributed by atoms with Gasteiger partial charge in [-0.15, -0.1) is 0 Å². The molecule has 0 saturated carbocycles. The summed E-state index contributed by atoms with van der Waals surface area (Å²) in [6.07, 6.45) is 2.52. The monoisotopic (exact) mass is 253 g/mol. The number of phenols is 1. The van der Waals surface area contributed by atoms with Gasteiger partial charge < -0.3 is 10.0 Å². The molecule has 0 aromatic heterocycles. The van der Waals surface area contributed by atoms with E-state index in [-0.39, 0.29) is 11.7 Å². The van der Waals surface area contributed by atoms with E-state index in [2.05, 4.69) is 0 Å². The summed E-state index contributed by atoms with van der Waals surface area (Å²) >= 11 is 1.66. The predicted molar refractivity (Wildman–Crippen MR) is 73.9 cm³/mol. The number of benzene rings is 1. The van der Waals surface area contributed by atoms with Gasteiger partial charge in [-0.2, -0.15) is 11.8 Å². The van der Waals surface area contributed by atoms with Crippen LogP contribution in [0, 0.1) is 6.92 Å². The van der Waals surface area contributed by atoms with Gasteiger partial charge in [-0.25, -0.2) is 0 Å². The van der Waals surface area contributed by atoms with Gasteiger partial charge in [-0.3, -0.25) is 4.79 Å². The van der Waals surface area contributed by atoms with Gasteiger partial charge in [0.1, 0.15) is 5.75 Å². The normalized spacial score (nSPS) is 10.3. The van der Waals surface area contributed by atoms with Crippen LogP contribution in [0.25, 0.3) is 0 Å². The van der Waals surface area contributed by atoms with Crippen LogP contribution in [0.4, 0.5) is 5.69 Å². The third-order valence-corrected chi connectivity index (χ3v) is 3.23. The van der Waals surface area contributed by atoms with E-state index in [1.807, 2.05) is 26.2 Å². The first-order valence-corrected chi connectivity index (χ1v) is 7.08. The lowest BCUT2D eigenvalue weighted by molar-refractivity contribution is -0.118. The third-order valence-electron chi connectivity index (χ3n) is 2.62. The number of thioether (sulfide) groups is 1. The molecule has 0 aliphatic rings. The molecule has 1 rings (SSSR count). The molecule has 0 heterocycles. The average molecular weight is 253 g/mol. The van der Waals surface area contributed by atoms with Crippen LogP contribution < -0.4 is 4.90 Å². The maximum Gasteiger partial charge on any atom is 0.227 e. The van der Waals surface area contributed by atoms with Crippen molar-refractivity contribution in [1.29, 1.82) is 0 Å². The molecule has 0 aliphatic heterocycles. The molecule has 1 N–H and O–H groups in total. The Morgan fingerprint density at radius 1 is 1.47 bits per heavy atom. The first-order valence-electron chi connectivity index (χ1n) is 5.69. The highest BCUT2D eigenvalue weighted by molar-refractivity contribution is 7.98. The molecule has 94 valence electrons. The Balaban J connectivity index is 2.92. The van der Waals surface area contributed by atoms with Gasteiger partial charge in [0.05, 0.1) is 5.69 Å². The molecule has 0 aliphatic carbocycles. The van der Waals surface area contributed by atoms with Crippen molar-refractivity contribution in [3.63, 3.8) is 0 Å². The number of aromatic hydroxyl groups is 1. The van der Waals surface area contributed by atoms with Crippen LogP contribution in [0.5, 0.6) is 5.75 Å². The Labute approximate surface area is 107 Å². The zero-order valence-electron chi connectivity index (χ0n) is 10.6.